The normalized spacial score (nSPS) is 21.1. The van der Waals surface area contributed by atoms with Crippen molar-refractivity contribution in [3.05, 3.63) is 53.8 Å². The van der Waals surface area contributed by atoms with E-state index in [2.05, 4.69) is 35.0 Å². The molecular formula is C26H32FN3O2. The molecule has 6 heteroatoms. The van der Waals surface area contributed by atoms with Crippen molar-refractivity contribution in [2.75, 3.05) is 64.4 Å². The zero-order valence-corrected chi connectivity index (χ0v) is 18.9. The number of carbonyl (C=O) groups excluding carboxylic acids is 1. The van der Waals surface area contributed by atoms with Gasteiger partial charge in [0.2, 0.25) is 5.91 Å². The number of ether oxygens (including phenoxy) is 1. The van der Waals surface area contributed by atoms with Crippen molar-refractivity contribution in [3.63, 3.8) is 0 Å². The number of fused-ring (bicyclic) bond motifs is 2. The average Bonchev–Trinajstić information content (AvgIpc) is 3.12. The molecule has 2 aromatic carbocycles. The third-order valence-electron chi connectivity index (χ3n) is 7.49. The van der Waals surface area contributed by atoms with Gasteiger partial charge in [-0.15, -0.1) is 0 Å². The number of carbonyl (C=O) groups is 1. The highest BCUT2D eigenvalue weighted by atomic mass is 19.1. The minimum absolute atomic E-state index is 0.0485. The van der Waals surface area contributed by atoms with Crippen LogP contribution < -0.4 is 4.90 Å². The monoisotopic (exact) mass is 437 g/mol. The van der Waals surface area contributed by atoms with E-state index in [9.17, 15) is 9.18 Å². The second kappa shape index (κ2) is 8.93. The molecule has 0 atom stereocenters. The van der Waals surface area contributed by atoms with Gasteiger partial charge in [-0.1, -0.05) is 18.2 Å². The Kier molecular flexibility index (Phi) is 6.01. The molecule has 0 aliphatic carbocycles. The average molecular weight is 438 g/mol. The van der Waals surface area contributed by atoms with E-state index >= 15 is 0 Å². The predicted octanol–water partition coefficient (Wildman–Crippen LogP) is 3.53. The summed E-state index contributed by atoms with van der Waals surface area (Å²) >= 11 is 0. The van der Waals surface area contributed by atoms with Gasteiger partial charge in [0.25, 0.3) is 0 Å². The zero-order chi connectivity index (χ0) is 22.1. The lowest BCUT2D eigenvalue weighted by Crippen LogP contribution is -2.46. The van der Waals surface area contributed by atoms with E-state index in [1.165, 1.54) is 17.7 Å². The summed E-state index contributed by atoms with van der Waals surface area (Å²) in [5.74, 6) is -0.0176. The predicted molar refractivity (Wildman–Crippen MR) is 124 cm³/mol. The molecule has 1 spiro atoms. The highest BCUT2D eigenvalue weighted by Crippen LogP contribution is 2.48. The first-order chi connectivity index (χ1) is 15.5. The van der Waals surface area contributed by atoms with E-state index in [4.69, 9.17) is 4.74 Å². The molecule has 0 aromatic heterocycles. The number of rotatable bonds is 4. The molecular weight excluding hydrogens is 405 g/mol. The Bertz CT molecular complexity index is 964. The summed E-state index contributed by atoms with van der Waals surface area (Å²) in [7, 11) is 2.15. The summed E-state index contributed by atoms with van der Waals surface area (Å²) in [5, 5.41) is 0. The Morgan fingerprint density at radius 2 is 1.69 bits per heavy atom. The van der Waals surface area contributed by atoms with Gasteiger partial charge in [0.1, 0.15) is 5.82 Å². The molecule has 2 fully saturated rings. The second-order valence-electron chi connectivity index (χ2n) is 9.51. The molecule has 0 bridgehead atoms. The van der Waals surface area contributed by atoms with Crippen LogP contribution in [0.4, 0.5) is 10.1 Å². The van der Waals surface area contributed by atoms with Crippen LogP contribution in [0.15, 0.2) is 42.5 Å². The standard InChI is InChI=1S/C26H32FN3O2/c1-28-12-14-29(15-13-28)11-8-25(31)30-19-26(9-16-32-17-10-26)23-18-21(4-7-24(23)30)20-2-5-22(27)6-3-20/h2-7,18H,8-17,19H2,1H3. The van der Waals surface area contributed by atoms with E-state index in [1.807, 2.05) is 17.0 Å². The third-order valence-corrected chi connectivity index (χ3v) is 7.49. The number of hydrogen-bond acceptors (Lipinski definition) is 4. The summed E-state index contributed by atoms with van der Waals surface area (Å²) < 4.78 is 19.1. The molecule has 3 heterocycles. The van der Waals surface area contributed by atoms with Crippen LogP contribution in [0.25, 0.3) is 11.1 Å². The lowest BCUT2D eigenvalue weighted by atomic mass is 9.75. The van der Waals surface area contributed by atoms with Crippen LogP contribution in [-0.2, 0) is 14.9 Å². The molecule has 0 radical (unpaired) electrons. The largest absolute Gasteiger partial charge is 0.381 e. The molecule has 3 aliphatic rings. The Balaban J connectivity index is 1.39. The van der Waals surface area contributed by atoms with Gasteiger partial charge in [-0.05, 0) is 60.8 Å². The van der Waals surface area contributed by atoms with E-state index in [1.54, 1.807) is 0 Å². The molecule has 0 N–H and O–H groups in total. The fourth-order valence-corrected chi connectivity index (χ4v) is 5.36. The molecule has 0 saturated carbocycles. The van der Waals surface area contributed by atoms with E-state index in [-0.39, 0.29) is 17.1 Å². The van der Waals surface area contributed by atoms with Gasteiger partial charge in [-0.2, -0.15) is 0 Å². The minimum Gasteiger partial charge on any atom is -0.381 e. The number of amides is 1. The van der Waals surface area contributed by atoms with Gasteiger partial charge in [-0.3, -0.25) is 4.79 Å². The number of likely N-dealkylation sites (N-methyl/N-ethyl adjacent to an activating group) is 1. The second-order valence-corrected chi connectivity index (χ2v) is 9.51. The van der Waals surface area contributed by atoms with Crippen molar-refractivity contribution in [2.24, 2.45) is 0 Å². The van der Waals surface area contributed by atoms with Crippen LogP contribution >= 0.6 is 0 Å². The van der Waals surface area contributed by atoms with Crippen LogP contribution in [0.2, 0.25) is 0 Å². The van der Waals surface area contributed by atoms with E-state index in [0.29, 0.717) is 6.42 Å². The minimum atomic E-state index is -0.229. The molecule has 0 unspecified atom stereocenters. The molecule has 1 amide bonds. The quantitative estimate of drug-likeness (QED) is 0.733. The summed E-state index contributed by atoms with van der Waals surface area (Å²) in [6.07, 6.45) is 2.40. The molecule has 170 valence electrons. The van der Waals surface area contributed by atoms with Gasteiger partial charge in [0.15, 0.2) is 0 Å². The lowest BCUT2D eigenvalue weighted by Gasteiger charge is -2.34. The van der Waals surface area contributed by atoms with Crippen molar-refractivity contribution >= 4 is 11.6 Å². The molecule has 32 heavy (non-hydrogen) atoms. The lowest BCUT2D eigenvalue weighted by molar-refractivity contribution is -0.119. The van der Waals surface area contributed by atoms with Crippen LogP contribution in [0.3, 0.4) is 0 Å². The number of anilines is 1. The van der Waals surface area contributed by atoms with Gasteiger partial charge in [-0.25, -0.2) is 4.39 Å². The first-order valence-electron chi connectivity index (χ1n) is 11.7. The number of hydrogen-bond donors (Lipinski definition) is 0. The first kappa shape index (κ1) is 21.6. The Hall–Kier alpha value is -2.28. The summed E-state index contributed by atoms with van der Waals surface area (Å²) in [5.41, 5.74) is 4.31. The van der Waals surface area contributed by atoms with Crippen LogP contribution in [-0.4, -0.2) is 75.2 Å². The highest BCUT2D eigenvalue weighted by molar-refractivity contribution is 5.97. The van der Waals surface area contributed by atoms with Crippen molar-refractivity contribution in [2.45, 2.75) is 24.7 Å². The Morgan fingerprint density at radius 3 is 2.41 bits per heavy atom. The number of benzene rings is 2. The van der Waals surface area contributed by atoms with Gasteiger partial charge >= 0.3 is 0 Å². The SMILES string of the molecule is CN1CCN(CCC(=O)N2CC3(CCOCC3)c3cc(-c4ccc(F)cc4)ccc32)CC1. The van der Waals surface area contributed by atoms with Crippen molar-refractivity contribution in [1.82, 2.24) is 9.80 Å². The summed E-state index contributed by atoms with van der Waals surface area (Å²) in [4.78, 5) is 20.1. The molecule has 2 saturated heterocycles. The van der Waals surface area contributed by atoms with E-state index < -0.39 is 0 Å². The maximum Gasteiger partial charge on any atom is 0.228 e. The maximum absolute atomic E-state index is 13.4. The van der Waals surface area contributed by atoms with E-state index in [0.717, 1.165) is 82.1 Å². The Morgan fingerprint density at radius 1 is 1.00 bits per heavy atom. The smallest absolute Gasteiger partial charge is 0.228 e. The topological polar surface area (TPSA) is 36.0 Å². The molecule has 5 rings (SSSR count). The fraction of sp³-hybridized carbons (Fsp3) is 0.500. The summed E-state index contributed by atoms with van der Waals surface area (Å²) in [6.45, 7) is 7.20. The van der Waals surface area contributed by atoms with Gasteiger partial charge in [0.05, 0.1) is 0 Å². The van der Waals surface area contributed by atoms with Crippen LogP contribution in [0.5, 0.6) is 0 Å². The molecule has 3 aliphatic heterocycles. The fourth-order valence-electron chi connectivity index (χ4n) is 5.36. The van der Waals surface area contributed by atoms with Gasteiger partial charge in [0, 0.05) is 70.0 Å². The van der Waals surface area contributed by atoms with Crippen molar-refractivity contribution in [3.8, 4) is 11.1 Å². The number of nitrogens with zero attached hydrogens (tertiary/aromatic N) is 3. The highest BCUT2D eigenvalue weighted by Gasteiger charge is 2.45. The third kappa shape index (κ3) is 4.19. The van der Waals surface area contributed by atoms with Crippen molar-refractivity contribution in [1.29, 1.82) is 0 Å². The molecule has 5 nitrogen and oxygen atoms in total. The van der Waals surface area contributed by atoms with Crippen LogP contribution in [0, 0.1) is 5.82 Å². The van der Waals surface area contributed by atoms with Crippen molar-refractivity contribution < 1.29 is 13.9 Å². The first-order valence-corrected chi connectivity index (χ1v) is 11.7. The number of halogens is 1. The number of piperazine rings is 1. The van der Waals surface area contributed by atoms with Crippen LogP contribution in [0.1, 0.15) is 24.8 Å². The van der Waals surface area contributed by atoms with Gasteiger partial charge < -0.3 is 19.4 Å². The summed E-state index contributed by atoms with van der Waals surface area (Å²) in [6, 6.07) is 13.0. The Labute approximate surface area is 189 Å². The zero-order valence-electron chi connectivity index (χ0n) is 18.9. The maximum atomic E-state index is 13.4. The molecule has 2 aromatic rings.